The minimum absolute atomic E-state index is 0.343. The standard InChI is InChI=1S/C13H18N4OS2/c1-7(9-3-4-18-5-9)15-13-11(12(14)17-20-13)10-6-19-8(2)16-10/h6-7,9,15H,3-5H2,1-2H3,(H2,14,17). The zero-order chi connectivity index (χ0) is 14.1. The topological polar surface area (TPSA) is 73.1 Å². The van der Waals surface area contributed by atoms with E-state index in [1.807, 2.05) is 12.3 Å². The fourth-order valence-electron chi connectivity index (χ4n) is 2.40. The zero-order valence-electron chi connectivity index (χ0n) is 11.5. The van der Waals surface area contributed by atoms with E-state index in [4.69, 9.17) is 10.5 Å². The molecule has 0 aromatic carbocycles. The number of anilines is 2. The van der Waals surface area contributed by atoms with Gasteiger partial charge in [0.1, 0.15) is 10.8 Å². The first-order chi connectivity index (χ1) is 9.65. The number of hydrogen-bond donors (Lipinski definition) is 2. The van der Waals surface area contributed by atoms with Crippen LogP contribution in [0.3, 0.4) is 0 Å². The van der Waals surface area contributed by atoms with E-state index in [1.165, 1.54) is 11.5 Å². The second-order valence-electron chi connectivity index (χ2n) is 5.08. The predicted molar refractivity (Wildman–Crippen MR) is 84.4 cm³/mol. The fraction of sp³-hybridized carbons (Fsp3) is 0.538. The molecule has 2 aromatic heterocycles. The van der Waals surface area contributed by atoms with Crippen LogP contribution in [0.25, 0.3) is 11.3 Å². The molecule has 3 N–H and O–H groups in total. The van der Waals surface area contributed by atoms with Crippen molar-refractivity contribution < 1.29 is 4.74 Å². The van der Waals surface area contributed by atoms with E-state index >= 15 is 0 Å². The largest absolute Gasteiger partial charge is 0.382 e. The lowest BCUT2D eigenvalue weighted by Crippen LogP contribution is -2.25. The number of aromatic nitrogens is 2. The Balaban J connectivity index is 1.83. The summed E-state index contributed by atoms with van der Waals surface area (Å²) >= 11 is 3.03. The van der Waals surface area contributed by atoms with Gasteiger partial charge in [-0.05, 0) is 31.8 Å². The molecule has 0 saturated carbocycles. The van der Waals surface area contributed by atoms with Crippen LogP contribution < -0.4 is 11.1 Å². The van der Waals surface area contributed by atoms with Gasteiger partial charge in [0, 0.05) is 23.9 Å². The molecule has 20 heavy (non-hydrogen) atoms. The van der Waals surface area contributed by atoms with Crippen LogP contribution in [0.1, 0.15) is 18.4 Å². The zero-order valence-corrected chi connectivity index (χ0v) is 13.2. The number of nitrogen functional groups attached to an aromatic ring is 1. The number of aryl methyl sites for hydroxylation is 1. The molecule has 1 aliphatic rings. The molecular weight excluding hydrogens is 292 g/mol. The average molecular weight is 310 g/mol. The average Bonchev–Trinajstić information content (AvgIpc) is 3.11. The molecule has 0 spiro atoms. The first-order valence-electron chi connectivity index (χ1n) is 6.67. The maximum atomic E-state index is 6.01. The van der Waals surface area contributed by atoms with Gasteiger partial charge in [0.05, 0.1) is 22.9 Å². The molecular formula is C13H18N4OS2. The van der Waals surface area contributed by atoms with E-state index in [0.717, 1.165) is 40.9 Å². The number of hydrogen-bond acceptors (Lipinski definition) is 7. The predicted octanol–water partition coefficient (Wildman–Crippen LogP) is 2.99. The minimum atomic E-state index is 0.343. The Morgan fingerprint density at radius 2 is 2.40 bits per heavy atom. The summed E-state index contributed by atoms with van der Waals surface area (Å²) in [5.41, 5.74) is 7.86. The van der Waals surface area contributed by atoms with E-state index in [0.29, 0.717) is 17.8 Å². The molecule has 5 nitrogen and oxygen atoms in total. The Bertz CT molecular complexity index is 589. The van der Waals surface area contributed by atoms with Crippen molar-refractivity contribution in [3.05, 3.63) is 10.4 Å². The molecule has 3 heterocycles. The summed E-state index contributed by atoms with van der Waals surface area (Å²) < 4.78 is 9.72. The monoisotopic (exact) mass is 310 g/mol. The van der Waals surface area contributed by atoms with Gasteiger partial charge in [-0.15, -0.1) is 11.3 Å². The molecule has 3 rings (SSSR count). The van der Waals surface area contributed by atoms with Gasteiger partial charge in [0.25, 0.3) is 0 Å². The summed E-state index contributed by atoms with van der Waals surface area (Å²) in [6.45, 7) is 5.87. The molecule has 2 aromatic rings. The maximum Gasteiger partial charge on any atom is 0.148 e. The number of ether oxygens (including phenoxy) is 1. The molecule has 1 saturated heterocycles. The summed E-state index contributed by atoms with van der Waals surface area (Å²) in [5.74, 6) is 1.10. The number of rotatable bonds is 4. The third-order valence-corrected chi connectivity index (χ3v) is 5.19. The van der Waals surface area contributed by atoms with Crippen molar-refractivity contribution >= 4 is 33.7 Å². The summed E-state index contributed by atoms with van der Waals surface area (Å²) in [7, 11) is 0. The highest BCUT2D eigenvalue weighted by Gasteiger charge is 2.24. The van der Waals surface area contributed by atoms with E-state index in [2.05, 4.69) is 21.6 Å². The van der Waals surface area contributed by atoms with Gasteiger partial charge < -0.3 is 15.8 Å². The Morgan fingerprint density at radius 3 is 3.05 bits per heavy atom. The van der Waals surface area contributed by atoms with Crippen LogP contribution in [0.2, 0.25) is 0 Å². The van der Waals surface area contributed by atoms with Gasteiger partial charge in [-0.3, -0.25) is 0 Å². The highest BCUT2D eigenvalue weighted by Crippen LogP contribution is 2.38. The second-order valence-corrected chi connectivity index (χ2v) is 6.92. The van der Waals surface area contributed by atoms with Crippen LogP contribution >= 0.6 is 22.9 Å². The van der Waals surface area contributed by atoms with Crippen LogP contribution in [0.5, 0.6) is 0 Å². The highest BCUT2D eigenvalue weighted by molar-refractivity contribution is 7.11. The minimum Gasteiger partial charge on any atom is -0.382 e. The molecule has 108 valence electrons. The van der Waals surface area contributed by atoms with Crippen molar-refractivity contribution in [3.8, 4) is 11.3 Å². The van der Waals surface area contributed by atoms with Gasteiger partial charge in [-0.25, -0.2) is 4.98 Å². The molecule has 1 fully saturated rings. The molecule has 0 aliphatic carbocycles. The molecule has 0 amide bonds. The molecule has 0 bridgehead atoms. The number of nitrogens with two attached hydrogens (primary N) is 1. The van der Waals surface area contributed by atoms with Gasteiger partial charge in [-0.1, -0.05) is 0 Å². The quantitative estimate of drug-likeness (QED) is 0.908. The number of nitrogens with zero attached hydrogens (tertiary/aromatic N) is 2. The van der Waals surface area contributed by atoms with E-state index in [1.54, 1.807) is 11.3 Å². The SMILES string of the molecule is Cc1nc(-c2c(N)nsc2NC(C)C2CCOC2)cs1. The fourth-order valence-corrected chi connectivity index (χ4v) is 3.82. The van der Waals surface area contributed by atoms with Crippen LogP contribution in [0.15, 0.2) is 5.38 Å². The molecule has 7 heteroatoms. The summed E-state index contributed by atoms with van der Waals surface area (Å²) in [4.78, 5) is 4.52. The van der Waals surface area contributed by atoms with Gasteiger partial charge in [0.2, 0.25) is 0 Å². The van der Waals surface area contributed by atoms with Gasteiger partial charge >= 0.3 is 0 Å². The van der Waals surface area contributed by atoms with Gasteiger partial charge in [0.15, 0.2) is 0 Å². The normalized spacial score (nSPS) is 20.2. The lowest BCUT2D eigenvalue weighted by atomic mass is 10.0. The van der Waals surface area contributed by atoms with Crippen molar-refractivity contribution in [2.75, 3.05) is 24.3 Å². The van der Waals surface area contributed by atoms with E-state index in [-0.39, 0.29) is 0 Å². The first kappa shape index (κ1) is 13.8. The second kappa shape index (κ2) is 5.67. The summed E-state index contributed by atoms with van der Waals surface area (Å²) in [5, 5.41) is 7.62. The van der Waals surface area contributed by atoms with Crippen LogP contribution in [0.4, 0.5) is 10.8 Å². The summed E-state index contributed by atoms with van der Waals surface area (Å²) in [6, 6.07) is 0.343. The summed E-state index contributed by atoms with van der Waals surface area (Å²) in [6.07, 6.45) is 1.10. The Kier molecular flexibility index (Phi) is 3.91. The van der Waals surface area contributed by atoms with Crippen molar-refractivity contribution in [1.82, 2.24) is 9.36 Å². The maximum absolute atomic E-state index is 6.01. The van der Waals surface area contributed by atoms with Crippen molar-refractivity contribution in [2.45, 2.75) is 26.3 Å². The van der Waals surface area contributed by atoms with Crippen LogP contribution in [-0.4, -0.2) is 28.6 Å². The van der Waals surface area contributed by atoms with E-state index < -0.39 is 0 Å². The highest BCUT2D eigenvalue weighted by atomic mass is 32.1. The molecule has 1 aliphatic heterocycles. The molecule has 2 atom stereocenters. The van der Waals surface area contributed by atoms with E-state index in [9.17, 15) is 0 Å². The van der Waals surface area contributed by atoms with Gasteiger partial charge in [-0.2, -0.15) is 4.37 Å². The Morgan fingerprint density at radius 1 is 1.55 bits per heavy atom. The lowest BCUT2D eigenvalue weighted by molar-refractivity contribution is 0.183. The van der Waals surface area contributed by atoms with Crippen LogP contribution in [-0.2, 0) is 4.74 Å². The van der Waals surface area contributed by atoms with Crippen molar-refractivity contribution in [2.24, 2.45) is 5.92 Å². The molecule has 0 radical (unpaired) electrons. The number of nitrogens with one attached hydrogen (secondary N) is 1. The Hall–Kier alpha value is -1.18. The third kappa shape index (κ3) is 2.65. The van der Waals surface area contributed by atoms with Crippen molar-refractivity contribution in [1.29, 1.82) is 0 Å². The molecule has 2 unspecified atom stereocenters. The first-order valence-corrected chi connectivity index (χ1v) is 8.32. The number of thiazole rings is 1. The van der Waals surface area contributed by atoms with Crippen LogP contribution in [0, 0.1) is 12.8 Å². The Labute approximate surface area is 126 Å². The smallest absolute Gasteiger partial charge is 0.148 e. The van der Waals surface area contributed by atoms with Crippen molar-refractivity contribution in [3.63, 3.8) is 0 Å². The lowest BCUT2D eigenvalue weighted by Gasteiger charge is -2.19. The third-order valence-electron chi connectivity index (χ3n) is 3.62.